The van der Waals surface area contributed by atoms with Gasteiger partial charge < -0.3 is 10.1 Å². The third kappa shape index (κ3) is 3.05. The summed E-state index contributed by atoms with van der Waals surface area (Å²) >= 11 is 3.12. The molecule has 2 aliphatic heterocycles. The zero-order valence-corrected chi connectivity index (χ0v) is 13.2. The van der Waals surface area contributed by atoms with E-state index in [-0.39, 0.29) is 10.6 Å². The monoisotopic (exact) mass is 353 g/mol. The summed E-state index contributed by atoms with van der Waals surface area (Å²) in [4.78, 5) is 2.46. The van der Waals surface area contributed by atoms with Gasteiger partial charge in [0.1, 0.15) is 6.07 Å². The molecule has 2 heterocycles. The van der Waals surface area contributed by atoms with Crippen LogP contribution in [0.15, 0.2) is 16.6 Å². The van der Waals surface area contributed by atoms with Crippen LogP contribution in [-0.4, -0.2) is 43.3 Å². The largest absolute Gasteiger partial charge is 0.380 e. The first-order valence-corrected chi connectivity index (χ1v) is 7.96. The predicted octanol–water partition coefficient (Wildman–Crippen LogP) is 2.73. The van der Waals surface area contributed by atoms with E-state index in [4.69, 9.17) is 10.00 Å². The molecule has 0 spiro atoms. The summed E-state index contributed by atoms with van der Waals surface area (Å²) in [6, 6.07) is 5.72. The molecule has 3 rings (SSSR count). The van der Waals surface area contributed by atoms with Crippen molar-refractivity contribution in [1.29, 1.82) is 5.26 Å². The Morgan fingerprint density at radius 2 is 2.38 bits per heavy atom. The van der Waals surface area contributed by atoms with Crippen LogP contribution in [0, 0.1) is 17.1 Å². The van der Waals surface area contributed by atoms with Crippen molar-refractivity contribution in [2.45, 2.75) is 25.0 Å². The van der Waals surface area contributed by atoms with E-state index in [1.54, 1.807) is 12.1 Å². The van der Waals surface area contributed by atoms with Crippen molar-refractivity contribution in [3.63, 3.8) is 0 Å². The van der Waals surface area contributed by atoms with Crippen molar-refractivity contribution in [2.75, 3.05) is 31.6 Å². The zero-order chi connectivity index (χ0) is 14.8. The van der Waals surface area contributed by atoms with Crippen molar-refractivity contribution in [1.82, 2.24) is 4.90 Å². The zero-order valence-electron chi connectivity index (χ0n) is 11.6. The minimum Gasteiger partial charge on any atom is -0.380 e. The number of anilines is 1. The Balaban J connectivity index is 1.61. The third-order valence-electron chi connectivity index (χ3n) is 4.18. The molecular weight excluding hydrogens is 337 g/mol. The molecule has 0 aromatic heterocycles. The molecule has 1 aromatic rings. The van der Waals surface area contributed by atoms with Crippen LogP contribution >= 0.6 is 15.9 Å². The molecular formula is C15H17BrFN3O. The maximum atomic E-state index is 14.1. The van der Waals surface area contributed by atoms with Crippen molar-refractivity contribution in [2.24, 2.45) is 0 Å². The number of nitrogens with one attached hydrogen (secondary N) is 1. The Bertz CT molecular complexity index is 575. The number of hydrogen-bond acceptors (Lipinski definition) is 4. The summed E-state index contributed by atoms with van der Waals surface area (Å²) in [7, 11) is 0. The molecule has 2 unspecified atom stereocenters. The number of morpholine rings is 1. The average Bonchev–Trinajstić information content (AvgIpc) is 2.96. The maximum absolute atomic E-state index is 14.1. The first-order chi connectivity index (χ1) is 10.2. The van der Waals surface area contributed by atoms with Gasteiger partial charge in [-0.1, -0.05) is 0 Å². The molecule has 112 valence electrons. The molecule has 0 aliphatic carbocycles. The lowest BCUT2D eigenvalue weighted by molar-refractivity contribution is -0.0415. The van der Waals surface area contributed by atoms with E-state index in [9.17, 15) is 4.39 Å². The summed E-state index contributed by atoms with van der Waals surface area (Å²) in [6.07, 6.45) is 2.54. The molecule has 2 atom stereocenters. The Morgan fingerprint density at radius 1 is 1.52 bits per heavy atom. The number of halogens is 2. The topological polar surface area (TPSA) is 48.3 Å². The van der Waals surface area contributed by atoms with E-state index >= 15 is 0 Å². The lowest BCUT2D eigenvalue weighted by Crippen LogP contribution is -2.48. The number of nitriles is 1. The minimum atomic E-state index is -0.427. The van der Waals surface area contributed by atoms with E-state index in [2.05, 4.69) is 26.1 Å². The van der Waals surface area contributed by atoms with Gasteiger partial charge >= 0.3 is 0 Å². The maximum Gasteiger partial charge on any atom is 0.161 e. The first kappa shape index (κ1) is 14.8. The number of fused-ring (bicyclic) bond motifs is 1. The van der Waals surface area contributed by atoms with E-state index in [0.717, 1.165) is 19.7 Å². The van der Waals surface area contributed by atoms with Gasteiger partial charge in [-0.05, 0) is 47.4 Å². The molecule has 21 heavy (non-hydrogen) atoms. The fraction of sp³-hybridized carbons (Fsp3) is 0.533. The second kappa shape index (κ2) is 6.30. The summed E-state index contributed by atoms with van der Waals surface area (Å²) in [5.74, 6) is -0.427. The quantitative estimate of drug-likeness (QED) is 0.907. The molecule has 0 saturated carbocycles. The fourth-order valence-corrected chi connectivity index (χ4v) is 3.44. The fourth-order valence-electron chi connectivity index (χ4n) is 3.01. The SMILES string of the molecule is N#Cc1ccc(NCC2CN3CCCC3CO2)c(F)c1Br. The highest BCUT2D eigenvalue weighted by Gasteiger charge is 2.32. The predicted molar refractivity (Wildman–Crippen MR) is 81.6 cm³/mol. The number of rotatable bonds is 3. The van der Waals surface area contributed by atoms with Crippen LogP contribution in [0.4, 0.5) is 10.1 Å². The van der Waals surface area contributed by atoms with Crippen molar-refractivity contribution in [3.8, 4) is 6.07 Å². The molecule has 2 aliphatic rings. The first-order valence-electron chi connectivity index (χ1n) is 7.16. The van der Waals surface area contributed by atoms with Gasteiger partial charge in [-0.2, -0.15) is 5.26 Å². The van der Waals surface area contributed by atoms with Crippen LogP contribution in [-0.2, 0) is 4.74 Å². The van der Waals surface area contributed by atoms with Crippen molar-refractivity contribution in [3.05, 3.63) is 28.0 Å². The van der Waals surface area contributed by atoms with E-state index < -0.39 is 5.82 Å². The van der Waals surface area contributed by atoms with Crippen LogP contribution in [0.25, 0.3) is 0 Å². The molecule has 0 bridgehead atoms. The van der Waals surface area contributed by atoms with Gasteiger partial charge in [0.2, 0.25) is 0 Å². The van der Waals surface area contributed by atoms with Gasteiger partial charge in [-0.15, -0.1) is 0 Å². The molecule has 6 heteroatoms. The summed E-state index contributed by atoms with van der Waals surface area (Å²) < 4.78 is 20.2. The van der Waals surface area contributed by atoms with E-state index in [1.165, 1.54) is 12.8 Å². The van der Waals surface area contributed by atoms with Crippen LogP contribution in [0.5, 0.6) is 0 Å². The van der Waals surface area contributed by atoms with Gasteiger partial charge in [-0.25, -0.2) is 4.39 Å². The lowest BCUT2D eigenvalue weighted by atomic mass is 10.1. The summed E-state index contributed by atoms with van der Waals surface area (Å²) in [6.45, 7) is 3.38. The van der Waals surface area contributed by atoms with Gasteiger partial charge in [0.15, 0.2) is 5.82 Å². The molecule has 0 radical (unpaired) electrons. The van der Waals surface area contributed by atoms with Crippen LogP contribution in [0.3, 0.4) is 0 Å². The molecule has 1 aromatic carbocycles. The minimum absolute atomic E-state index is 0.0770. The standard InChI is InChI=1S/C15H17BrFN3O/c16-14-10(6-18)3-4-13(15(14)17)19-7-12-8-20-5-1-2-11(20)9-21-12/h3-4,11-12,19H,1-2,5,7-9H2. The van der Waals surface area contributed by atoms with E-state index in [0.29, 0.717) is 23.8 Å². The number of nitrogens with zero attached hydrogens (tertiary/aromatic N) is 2. The number of ether oxygens (including phenoxy) is 1. The van der Waals surface area contributed by atoms with Gasteiger partial charge in [0.25, 0.3) is 0 Å². The van der Waals surface area contributed by atoms with Crippen LogP contribution in [0.2, 0.25) is 0 Å². The second-order valence-corrected chi connectivity index (χ2v) is 6.32. The Kier molecular flexibility index (Phi) is 4.43. The smallest absolute Gasteiger partial charge is 0.161 e. The highest BCUT2D eigenvalue weighted by Crippen LogP contribution is 2.27. The number of benzene rings is 1. The summed E-state index contributed by atoms with van der Waals surface area (Å²) in [5, 5.41) is 12.0. The van der Waals surface area contributed by atoms with Gasteiger partial charge in [0, 0.05) is 19.1 Å². The molecule has 2 fully saturated rings. The van der Waals surface area contributed by atoms with Crippen molar-refractivity contribution < 1.29 is 9.13 Å². The molecule has 1 N–H and O–H groups in total. The average molecular weight is 354 g/mol. The number of hydrogen-bond donors (Lipinski definition) is 1. The van der Waals surface area contributed by atoms with Crippen molar-refractivity contribution >= 4 is 21.6 Å². The van der Waals surface area contributed by atoms with Gasteiger partial charge in [-0.3, -0.25) is 4.90 Å². The Labute approximate surface area is 132 Å². The second-order valence-electron chi connectivity index (χ2n) is 5.53. The molecule has 2 saturated heterocycles. The highest BCUT2D eigenvalue weighted by molar-refractivity contribution is 9.10. The van der Waals surface area contributed by atoms with Crippen LogP contribution in [0.1, 0.15) is 18.4 Å². The van der Waals surface area contributed by atoms with Crippen LogP contribution < -0.4 is 5.32 Å². The molecule has 4 nitrogen and oxygen atoms in total. The normalized spacial score (nSPS) is 25.4. The van der Waals surface area contributed by atoms with E-state index in [1.807, 2.05) is 6.07 Å². The van der Waals surface area contributed by atoms with Gasteiger partial charge in [0.05, 0.1) is 28.4 Å². The Hall–Kier alpha value is -1.16. The third-order valence-corrected chi connectivity index (χ3v) is 4.96. The lowest BCUT2D eigenvalue weighted by Gasteiger charge is -2.35. The Morgan fingerprint density at radius 3 is 3.19 bits per heavy atom. The highest BCUT2D eigenvalue weighted by atomic mass is 79.9. The molecule has 0 amide bonds. The summed E-state index contributed by atoms with van der Waals surface area (Å²) in [5.41, 5.74) is 0.694.